The number of para-hydroxylation sites is 1. The number of rotatable bonds is 5. The first-order valence-electron chi connectivity index (χ1n) is 12.1. The van der Waals surface area contributed by atoms with Gasteiger partial charge < -0.3 is 4.90 Å². The van der Waals surface area contributed by atoms with Crippen LogP contribution in [0.4, 0.5) is 5.69 Å². The van der Waals surface area contributed by atoms with Crippen LogP contribution in [0.2, 0.25) is 0 Å². The molecule has 0 spiro atoms. The van der Waals surface area contributed by atoms with E-state index in [1.807, 2.05) is 36.4 Å². The summed E-state index contributed by atoms with van der Waals surface area (Å²) in [6.45, 7) is 4.00. The number of aryl methyl sites for hydroxylation is 1. The Hall–Kier alpha value is -2.71. The zero-order chi connectivity index (χ0) is 23.9. The average molecular weight is 482 g/mol. The summed E-state index contributed by atoms with van der Waals surface area (Å²) in [5.41, 5.74) is 2.44. The molecule has 0 bridgehead atoms. The molecule has 8 heteroatoms. The molecule has 3 fully saturated rings. The summed E-state index contributed by atoms with van der Waals surface area (Å²) in [4.78, 5) is 29.5. The van der Waals surface area contributed by atoms with Gasteiger partial charge in [0, 0.05) is 31.9 Å². The van der Waals surface area contributed by atoms with E-state index in [4.69, 9.17) is 0 Å². The van der Waals surface area contributed by atoms with Gasteiger partial charge in [0.25, 0.3) is 0 Å². The quantitative estimate of drug-likeness (QED) is 0.613. The molecule has 0 N–H and O–H groups in total. The van der Waals surface area contributed by atoms with Crippen molar-refractivity contribution < 1.29 is 18.0 Å². The summed E-state index contributed by atoms with van der Waals surface area (Å²) < 4.78 is 28.6. The molecule has 2 heterocycles. The van der Waals surface area contributed by atoms with Crippen LogP contribution in [0.1, 0.15) is 36.8 Å². The van der Waals surface area contributed by atoms with Crippen molar-refractivity contribution in [3.05, 3.63) is 59.7 Å². The van der Waals surface area contributed by atoms with Crippen LogP contribution >= 0.6 is 0 Å². The van der Waals surface area contributed by atoms with Crippen molar-refractivity contribution in [1.82, 2.24) is 9.21 Å². The second-order valence-electron chi connectivity index (χ2n) is 9.59. The van der Waals surface area contributed by atoms with Gasteiger partial charge in [-0.15, -0.1) is 0 Å². The van der Waals surface area contributed by atoms with E-state index < -0.39 is 10.0 Å². The van der Waals surface area contributed by atoms with E-state index in [-0.39, 0.29) is 35.1 Å². The van der Waals surface area contributed by atoms with Crippen molar-refractivity contribution in [3.63, 3.8) is 0 Å². The first-order valence-corrected chi connectivity index (χ1v) is 13.5. The van der Waals surface area contributed by atoms with E-state index in [9.17, 15) is 18.0 Å². The number of carbonyl (C=O) groups excluding carboxylic acids is 2. The van der Waals surface area contributed by atoms with Gasteiger partial charge >= 0.3 is 0 Å². The smallest absolute Gasteiger partial charge is 0.243 e. The SMILES string of the molecule is Cc1ccc(CN2C(=O)[C@H]3CCCC[C@@H]3C2=O)cc1S(=O)(=O)N1CCN(c2ccccc2)CC1. The van der Waals surface area contributed by atoms with Crippen LogP contribution < -0.4 is 4.90 Å². The maximum atomic E-state index is 13.5. The fraction of sp³-hybridized carbons (Fsp3) is 0.462. The first kappa shape index (κ1) is 23.1. The number of imide groups is 1. The lowest BCUT2D eigenvalue weighted by Gasteiger charge is -2.35. The van der Waals surface area contributed by atoms with E-state index in [0.717, 1.165) is 31.4 Å². The third kappa shape index (κ3) is 4.14. The van der Waals surface area contributed by atoms with Crippen molar-refractivity contribution >= 4 is 27.5 Å². The van der Waals surface area contributed by atoms with Gasteiger partial charge in [0.2, 0.25) is 21.8 Å². The Morgan fingerprint density at radius 3 is 2.09 bits per heavy atom. The Morgan fingerprint density at radius 1 is 0.853 bits per heavy atom. The Balaban J connectivity index is 1.32. The molecule has 1 aliphatic carbocycles. The monoisotopic (exact) mass is 481 g/mol. The second kappa shape index (κ2) is 9.15. The lowest BCUT2D eigenvalue weighted by molar-refractivity contribution is -0.140. The maximum Gasteiger partial charge on any atom is 0.243 e. The third-order valence-electron chi connectivity index (χ3n) is 7.50. The van der Waals surface area contributed by atoms with E-state index in [2.05, 4.69) is 4.90 Å². The minimum Gasteiger partial charge on any atom is -0.369 e. The summed E-state index contributed by atoms with van der Waals surface area (Å²) in [5, 5.41) is 0. The van der Waals surface area contributed by atoms with Crippen LogP contribution in [0.3, 0.4) is 0 Å². The maximum absolute atomic E-state index is 13.5. The molecule has 2 aliphatic heterocycles. The largest absolute Gasteiger partial charge is 0.369 e. The normalized spacial score (nSPS) is 23.9. The number of nitrogens with zero attached hydrogens (tertiary/aromatic N) is 3. The summed E-state index contributed by atoms with van der Waals surface area (Å²) in [5.74, 6) is -0.597. The molecule has 2 atom stereocenters. The molecule has 0 aromatic heterocycles. The van der Waals surface area contributed by atoms with Crippen molar-refractivity contribution in [2.75, 3.05) is 31.1 Å². The molecule has 7 nitrogen and oxygen atoms in total. The molecule has 3 aliphatic rings. The number of hydrogen-bond acceptors (Lipinski definition) is 5. The first-order chi connectivity index (χ1) is 16.4. The highest BCUT2D eigenvalue weighted by Gasteiger charge is 2.48. The number of anilines is 1. The standard InChI is InChI=1S/C26H31N3O4S/c1-19-11-12-20(18-29-25(30)22-9-5-6-10-23(22)26(29)31)17-24(19)34(32,33)28-15-13-27(14-16-28)21-7-3-2-4-8-21/h2-4,7-8,11-12,17,22-23H,5-6,9-10,13-16,18H2,1H3/t22-,23-/m0/s1. The molecule has 1 saturated carbocycles. The van der Waals surface area contributed by atoms with E-state index in [1.54, 1.807) is 23.4 Å². The predicted octanol–water partition coefficient (Wildman–Crippen LogP) is 3.18. The lowest BCUT2D eigenvalue weighted by atomic mass is 9.81. The molecular weight excluding hydrogens is 450 g/mol. The fourth-order valence-electron chi connectivity index (χ4n) is 5.55. The van der Waals surface area contributed by atoms with Crippen molar-refractivity contribution in [1.29, 1.82) is 0 Å². The number of benzene rings is 2. The van der Waals surface area contributed by atoms with E-state index in [1.165, 1.54) is 4.90 Å². The van der Waals surface area contributed by atoms with Crippen LogP contribution in [-0.2, 0) is 26.2 Å². The molecule has 2 saturated heterocycles. The minimum absolute atomic E-state index is 0.100. The summed E-state index contributed by atoms with van der Waals surface area (Å²) in [7, 11) is -3.68. The summed E-state index contributed by atoms with van der Waals surface area (Å²) in [6.07, 6.45) is 3.51. The zero-order valence-corrected chi connectivity index (χ0v) is 20.3. The number of piperazine rings is 1. The van der Waals surface area contributed by atoms with Gasteiger partial charge in [-0.05, 0) is 49.1 Å². The molecule has 34 heavy (non-hydrogen) atoms. The van der Waals surface area contributed by atoms with Crippen molar-refractivity contribution in [2.45, 2.75) is 44.0 Å². The lowest BCUT2D eigenvalue weighted by Crippen LogP contribution is -2.48. The highest BCUT2D eigenvalue weighted by atomic mass is 32.2. The summed E-state index contributed by atoms with van der Waals surface area (Å²) in [6, 6.07) is 15.3. The summed E-state index contributed by atoms with van der Waals surface area (Å²) >= 11 is 0. The van der Waals surface area contributed by atoms with E-state index >= 15 is 0 Å². The number of amides is 2. The second-order valence-corrected chi connectivity index (χ2v) is 11.5. The number of fused-ring (bicyclic) bond motifs is 1. The van der Waals surface area contributed by atoms with Crippen LogP contribution in [0.5, 0.6) is 0 Å². The van der Waals surface area contributed by atoms with Gasteiger partial charge in [0.1, 0.15) is 0 Å². The van der Waals surface area contributed by atoms with Gasteiger partial charge in [-0.3, -0.25) is 14.5 Å². The molecular formula is C26H31N3O4S. The Bertz CT molecular complexity index is 1170. The number of sulfonamides is 1. The minimum atomic E-state index is -3.68. The number of likely N-dealkylation sites (tertiary alicyclic amines) is 1. The predicted molar refractivity (Wildman–Crippen MR) is 130 cm³/mol. The molecule has 2 aromatic carbocycles. The Labute approximate surface area is 201 Å². The molecule has 2 amide bonds. The van der Waals surface area contributed by atoms with Crippen LogP contribution in [0, 0.1) is 18.8 Å². The van der Waals surface area contributed by atoms with E-state index in [0.29, 0.717) is 37.3 Å². The van der Waals surface area contributed by atoms with Crippen molar-refractivity contribution in [3.8, 4) is 0 Å². The topological polar surface area (TPSA) is 78.0 Å². The number of hydrogen-bond donors (Lipinski definition) is 0. The van der Waals surface area contributed by atoms with Crippen molar-refractivity contribution in [2.24, 2.45) is 11.8 Å². The molecule has 5 rings (SSSR count). The Kier molecular flexibility index (Phi) is 6.20. The highest BCUT2D eigenvalue weighted by Crippen LogP contribution is 2.38. The fourth-order valence-corrected chi connectivity index (χ4v) is 7.25. The van der Waals surface area contributed by atoms with Gasteiger partial charge in [0.15, 0.2) is 0 Å². The van der Waals surface area contributed by atoms with Gasteiger partial charge in [-0.1, -0.05) is 43.2 Å². The molecule has 2 aromatic rings. The number of carbonyl (C=O) groups is 2. The third-order valence-corrected chi connectivity index (χ3v) is 9.54. The average Bonchev–Trinajstić information content (AvgIpc) is 3.10. The Morgan fingerprint density at radius 2 is 1.47 bits per heavy atom. The zero-order valence-electron chi connectivity index (χ0n) is 19.5. The van der Waals surface area contributed by atoms with Gasteiger partial charge in [-0.25, -0.2) is 8.42 Å². The van der Waals surface area contributed by atoms with Crippen LogP contribution in [0.25, 0.3) is 0 Å². The van der Waals surface area contributed by atoms with Gasteiger partial charge in [-0.2, -0.15) is 4.31 Å². The highest BCUT2D eigenvalue weighted by molar-refractivity contribution is 7.89. The molecule has 0 radical (unpaired) electrons. The molecule has 180 valence electrons. The van der Waals surface area contributed by atoms with Crippen LogP contribution in [-0.4, -0.2) is 55.6 Å². The van der Waals surface area contributed by atoms with Gasteiger partial charge in [0.05, 0.1) is 23.3 Å². The molecule has 0 unspecified atom stereocenters. The van der Waals surface area contributed by atoms with Crippen LogP contribution in [0.15, 0.2) is 53.4 Å².